The molecule has 0 aromatic rings. The maximum Gasteiger partial charge on any atom is 0.220 e. The standard InChI is InChI=1S/C14H27N3O2/c1-2-8-16-13(18)4-3-5-14(19)17-10-7-12-6-9-15-11-12/h12,15H,2-11H2,1H3,(H,16,18)(H,17,19). The molecule has 1 saturated heterocycles. The fraction of sp³-hybridized carbons (Fsp3) is 0.857. The zero-order valence-electron chi connectivity index (χ0n) is 12.0. The number of nitrogens with one attached hydrogen (secondary N) is 3. The van der Waals surface area contributed by atoms with Crippen molar-refractivity contribution in [2.75, 3.05) is 26.2 Å². The molecule has 0 saturated carbocycles. The highest BCUT2D eigenvalue weighted by Gasteiger charge is 2.14. The molecule has 19 heavy (non-hydrogen) atoms. The molecule has 1 rings (SSSR count). The zero-order valence-corrected chi connectivity index (χ0v) is 12.0. The Balaban J connectivity index is 1.93. The Morgan fingerprint density at radius 2 is 1.84 bits per heavy atom. The average molecular weight is 269 g/mol. The van der Waals surface area contributed by atoms with Gasteiger partial charge in [-0.2, -0.15) is 0 Å². The fourth-order valence-corrected chi connectivity index (χ4v) is 2.23. The summed E-state index contributed by atoms with van der Waals surface area (Å²) in [4.78, 5) is 22.9. The van der Waals surface area contributed by atoms with Gasteiger partial charge in [-0.1, -0.05) is 6.92 Å². The minimum atomic E-state index is 0.0479. The van der Waals surface area contributed by atoms with Crippen LogP contribution in [0.5, 0.6) is 0 Å². The number of amides is 2. The van der Waals surface area contributed by atoms with Gasteiger partial charge in [-0.25, -0.2) is 0 Å². The Hall–Kier alpha value is -1.10. The number of hydrogen-bond acceptors (Lipinski definition) is 3. The van der Waals surface area contributed by atoms with E-state index in [0.29, 0.717) is 25.2 Å². The lowest BCUT2D eigenvalue weighted by atomic mass is 10.1. The third kappa shape index (κ3) is 7.82. The Bertz CT molecular complexity index is 276. The van der Waals surface area contributed by atoms with Gasteiger partial charge in [0.05, 0.1) is 0 Å². The van der Waals surface area contributed by atoms with Crippen LogP contribution in [0, 0.1) is 5.92 Å². The third-order valence-electron chi connectivity index (χ3n) is 3.42. The highest BCUT2D eigenvalue weighted by molar-refractivity contribution is 5.78. The average Bonchev–Trinajstić information content (AvgIpc) is 2.89. The second kappa shape index (κ2) is 9.78. The smallest absolute Gasteiger partial charge is 0.220 e. The molecule has 1 unspecified atom stereocenters. The van der Waals surface area contributed by atoms with E-state index in [1.165, 1.54) is 6.42 Å². The van der Waals surface area contributed by atoms with Crippen LogP contribution in [0.3, 0.4) is 0 Å². The Labute approximate surface area is 115 Å². The van der Waals surface area contributed by atoms with Gasteiger partial charge < -0.3 is 16.0 Å². The summed E-state index contributed by atoms with van der Waals surface area (Å²) in [6.07, 6.45) is 4.74. The van der Waals surface area contributed by atoms with E-state index in [4.69, 9.17) is 0 Å². The Kier molecular flexibility index (Phi) is 8.21. The summed E-state index contributed by atoms with van der Waals surface area (Å²) in [5, 5.41) is 9.05. The molecule has 0 aliphatic carbocycles. The fourth-order valence-electron chi connectivity index (χ4n) is 2.23. The van der Waals surface area contributed by atoms with E-state index in [0.717, 1.165) is 39.0 Å². The minimum absolute atomic E-state index is 0.0479. The first kappa shape index (κ1) is 16.0. The number of rotatable bonds is 9. The van der Waals surface area contributed by atoms with E-state index < -0.39 is 0 Å². The van der Waals surface area contributed by atoms with Gasteiger partial charge in [0.25, 0.3) is 0 Å². The molecule has 5 heteroatoms. The summed E-state index contributed by atoms with van der Waals surface area (Å²) in [6.45, 7) is 5.68. The highest BCUT2D eigenvalue weighted by Crippen LogP contribution is 2.10. The molecule has 1 fully saturated rings. The summed E-state index contributed by atoms with van der Waals surface area (Å²) in [5.41, 5.74) is 0. The van der Waals surface area contributed by atoms with Crippen molar-refractivity contribution in [3.05, 3.63) is 0 Å². The summed E-state index contributed by atoms with van der Waals surface area (Å²) < 4.78 is 0. The molecule has 1 heterocycles. The predicted molar refractivity (Wildman–Crippen MR) is 75.8 cm³/mol. The van der Waals surface area contributed by atoms with Crippen molar-refractivity contribution in [3.8, 4) is 0 Å². The van der Waals surface area contributed by atoms with Crippen molar-refractivity contribution in [2.45, 2.75) is 45.4 Å². The third-order valence-corrected chi connectivity index (χ3v) is 3.42. The molecule has 0 bridgehead atoms. The topological polar surface area (TPSA) is 70.2 Å². The number of carbonyl (C=O) groups excluding carboxylic acids is 2. The number of hydrogen-bond donors (Lipinski definition) is 3. The number of carbonyl (C=O) groups is 2. The van der Waals surface area contributed by atoms with Gasteiger partial charge in [-0.15, -0.1) is 0 Å². The molecule has 1 atom stereocenters. The Morgan fingerprint density at radius 1 is 1.16 bits per heavy atom. The molecule has 0 radical (unpaired) electrons. The van der Waals surface area contributed by atoms with Gasteiger partial charge in [0.1, 0.15) is 0 Å². The first-order valence-electron chi connectivity index (χ1n) is 7.46. The van der Waals surface area contributed by atoms with Crippen molar-refractivity contribution < 1.29 is 9.59 Å². The molecule has 1 aliphatic heterocycles. The van der Waals surface area contributed by atoms with Crippen molar-refractivity contribution in [1.82, 2.24) is 16.0 Å². The summed E-state index contributed by atoms with van der Waals surface area (Å²) in [5.74, 6) is 0.820. The van der Waals surface area contributed by atoms with Crippen LogP contribution in [0.2, 0.25) is 0 Å². The largest absolute Gasteiger partial charge is 0.356 e. The van der Waals surface area contributed by atoms with Crippen LogP contribution in [-0.4, -0.2) is 38.0 Å². The first-order chi connectivity index (χ1) is 9.22. The van der Waals surface area contributed by atoms with Crippen LogP contribution in [-0.2, 0) is 9.59 Å². The van der Waals surface area contributed by atoms with Crippen LogP contribution in [0.1, 0.15) is 45.4 Å². The van der Waals surface area contributed by atoms with Crippen LogP contribution < -0.4 is 16.0 Å². The van der Waals surface area contributed by atoms with Gasteiger partial charge in [-0.05, 0) is 44.7 Å². The minimum Gasteiger partial charge on any atom is -0.356 e. The van der Waals surface area contributed by atoms with E-state index in [2.05, 4.69) is 16.0 Å². The normalized spacial score (nSPS) is 18.3. The molecular formula is C14H27N3O2. The monoisotopic (exact) mass is 269 g/mol. The lowest BCUT2D eigenvalue weighted by molar-refractivity contribution is -0.122. The van der Waals surface area contributed by atoms with Gasteiger partial charge in [-0.3, -0.25) is 9.59 Å². The molecule has 3 N–H and O–H groups in total. The van der Waals surface area contributed by atoms with Crippen LogP contribution in [0.4, 0.5) is 0 Å². The van der Waals surface area contributed by atoms with Crippen LogP contribution in [0.25, 0.3) is 0 Å². The summed E-state index contributed by atoms with van der Waals surface area (Å²) >= 11 is 0. The van der Waals surface area contributed by atoms with Crippen molar-refractivity contribution in [1.29, 1.82) is 0 Å². The van der Waals surface area contributed by atoms with Crippen molar-refractivity contribution >= 4 is 11.8 Å². The molecule has 0 aromatic heterocycles. The maximum absolute atomic E-state index is 11.6. The SMILES string of the molecule is CCCNC(=O)CCCC(=O)NCCC1CCNC1. The van der Waals surface area contributed by atoms with Gasteiger partial charge >= 0.3 is 0 Å². The molecule has 110 valence electrons. The van der Waals surface area contributed by atoms with Gasteiger partial charge in [0.2, 0.25) is 11.8 Å². The molecule has 0 aromatic carbocycles. The maximum atomic E-state index is 11.6. The van der Waals surface area contributed by atoms with Crippen LogP contribution in [0.15, 0.2) is 0 Å². The van der Waals surface area contributed by atoms with E-state index in [1.807, 2.05) is 6.92 Å². The van der Waals surface area contributed by atoms with E-state index in [9.17, 15) is 9.59 Å². The molecule has 1 aliphatic rings. The van der Waals surface area contributed by atoms with Crippen molar-refractivity contribution in [2.24, 2.45) is 5.92 Å². The highest BCUT2D eigenvalue weighted by atomic mass is 16.2. The zero-order chi connectivity index (χ0) is 13.9. The lowest BCUT2D eigenvalue weighted by Gasteiger charge is -2.09. The summed E-state index contributed by atoms with van der Waals surface area (Å²) in [6, 6.07) is 0. The predicted octanol–water partition coefficient (Wildman–Crippen LogP) is 0.799. The molecule has 2 amide bonds. The van der Waals surface area contributed by atoms with Crippen LogP contribution >= 0.6 is 0 Å². The summed E-state index contributed by atoms with van der Waals surface area (Å²) in [7, 11) is 0. The van der Waals surface area contributed by atoms with E-state index >= 15 is 0 Å². The second-order valence-electron chi connectivity index (χ2n) is 5.20. The van der Waals surface area contributed by atoms with E-state index in [-0.39, 0.29) is 11.8 Å². The Morgan fingerprint density at radius 3 is 2.42 bits per heavy atom. The second-order valence-corrected chi connectivity index (χ2v) is 5.20. The quantitative estimate of drug-likeness (QED) is 0.580. The molecule has 5 nitrogen and oxygen atoms in total. The molecule has 0 spiro atoms. The van der Waals surface area contributed by atoms with Crippen molar-refractivity contribution in [3.63, 3.8) is 0 Å². The van der Waals surface area contributed by atoms with E-state index in [1.54, 1.807) is 0 Å². The van der Waals surface area contributed by atoms with Gasteiger partial charge in [0, 0.05) is 25.9 Å². The lowest BCUT2D eigenvalue weighted by Crippen LogP contribution is -2.27. The molecular weight excluding hydrogens is 242 g/mol. The first-order valence-corrected chi connectivity index (χ1v) is 7.46. The van der Waals surface area contributed by atoms with Gasteiger partial charge in [0.15, 0.2) is 0 Å².